The fraction of sp³-hybridized carbons (Fsp3) is 0.139. The second-order valence-electron chi connectivity index (χ2n) is 10.9. The molecule has 1 saturated heterocycles. The van der Waals surface area contributed by atoms with Gasteiger partial charge in [-0.2, -0.15) is 0 Å². The molecule has 1 N–H and O–H groups in total. The van der Waals surface area contributed by atoms with Gasteiger partial charge in [-0.25, -0.2) is 0 Å². The minimum Gasteiger partial charge on any atom is -0.490 e. The van der Waals surface area contributed by atoms with Crippen molar-refractivity contribution in [2.45, 2.75) is 17.5 Å². The van der Waals surface area contributed by atoms with Crippen molar-refractivity contribution in [1.29, 1.82) is 0 Å². The third kappa shape index (κ3) is 3.97. The molecule has 3 aliphatic heterocycles. The van der Waals surface area contributed by atoms with E-state index in [0.29, 0.717) is 34.7 Å². The average molecular weight is 587 g/mol. The Morgan fingerprint density at radius 2 is 1.65 bits per heavy atom. The molecule has 3 heterocycles. The summed E-state index contributed by atoms with van der Waals surface area (Å²) in [7, 11) is 0. The largest absolute Gasteiger partial charge is 0.490 e. The lowest BCUT2D eigenvalue weighted by molar-refractivity contribution is -0.122. The molecule has 0 saturated carbocycles. The molecule has 1 amide bonds. The number of para-hydroxylation sites is 1. The van der Waals surface area contributed by atoms with Crippen LogP contribution in [0.4, 0.5) is 5.69 Å². The van der Waals surface area contributed by atoms with E-state index >= 15 is 0 Å². The van der Waals surface area contributed by atoms with Crippen molar-refractivity contribution < 1.29 is 19.1 Å². The van der Waals surface area contributed by atoms with Crippen molar-refractivity contribution in [1.82, 2.24) is 4.90 Å². The quantitative estimate of drug-likeness (QED) is 0.189. The van der Waals surface area contributed by atoms with Gasteiger partial charge in [0.2, 0.25) is 5.91 Å². The van der Waals surface area contributed by atoms with Gasteiger partial charge in [-0.1, -0.05) is 78.9 Å². The van der Waals surface area contributed by atoms with Crippen LogP contribution >= 0.6 is 11.6 Å². The third-order valence-corrected chi connectivity index (χ3v) is 9.10. The zero-order valence-electron chi connectivity index (χ0n) is 23.1. The fourth-order valence-electron chi connectivity index (χ4n) is 7.04. The van der Waals surface area contributed by atoms with Crippen LogP contribution in [0.1, 0.15) is 43.4 Å². The van der Waals surface area contributed by atoms with Gasteiger partial charge in [0.25, 0.3) is 0 Å². The molecule has 43 heavy (non-hydrogen) atoms. The molecule has 4 atom stereocenters. The van der Waals surface area contributed by atoms with Crippen LogP contribution in [0, 0.1) is 5.92 Å². The monoisotopic (exact) mass is 586 g/mol. The Kier molecular flexibility index (Phi) is 6.51. The molecule has 0 radical (unpaired) electrons. The topological polar surface area (TPSA) is 75.7 Å². The zero-order valence-corrected chi connectivity index (χ0v) is 23.8. The number of ketones is 2. The van der Waals surface area contributed by atoms with Crippen LogP contribution in [0.2, 0.25) is 5.02 Å². The van der Waals surface area contributed by atoms with Gasteiger partial charge in [-0.05, 0) is 65.2 Å². The predicted molar refractivity (Wildman–Crippen MR) is 166 cm³/mol. The Morgan fingerprint density at radius 1 is 0.930 bits per heavy atom. The molecule has 212 valence electrons. The summed E-state index contributed by atoms with van der Waals surface area (Å²) in [5.41, 5.74) is 2.40. The SMILES string of the molecule is C=CCOc1ccc(C(=O)[C@@H]2[C@H](C(=O)c3ccccc3Cl)N3C=Cc4ccccc4[C@H]3[C@@]23C(=O)Nc2ccccc23)cc1. The van der Waals surface area contributed by atoms with E-state index in [-0.39, 0.29) is 22.5 Å². The first-order valence-electron chi connectivity index (χ1n) is 14.1. The van der Waals surface area contributed by atoms with Gasteiger partial charge in [0.15, 0.2) is 11.6 Å². The molecule has 1 spiro atoms. The summed E-state index contributed by atoms with van der Waals surface area (Å²) in [5, 5.41) is 3.35. The maximum absolute atomic E-state index is 14.9. The lowest BCUT2D eigenvalue weighted by atomic mass is 9.62. The standard InChI is InChI=1S/C36H27ClN2O4/c1-2-21-43-24-17-15-23(16-18-24)32(40)30-31(33(41)26-11-5-7-13-28(26)37)39-20-19-22-9-3-4-10-25(22)34(39)36(30)27-12-6-8-14-29(27)38-35(36)42/h2-20,30-31,34H,1,21H2,(H,38,42)/t30-,31+,34-,36-/m0/s1. The highest BCUT2D eigenvalue weighted by Gasteiger charge is 2.70. The van der Waals surface area contributed by atoms with Crippen molar-refractivity contribution in [3.05, 3.63) is 149 Å². The first-order chi connectivity index (χ1) is 21.0. The Balaban J connectivity index is 1.49. The number of hydrogen-bond donors (Lipinski definition) is 1. The van der Waals surface area contributed by atoms with E-state index in [1.54, 1.807) is 54.6 Å². The molecule has 0 bridgehead atoms. The zero-order chi connectivity index (χ0) is 29.7. The number of amides is 1. The molecule has 3 aliphatic rings. The molecule has 4 aromatic rings. The van der Waals surface area contributed by atoms with E-state index in [9.17, 15) is 14.4 Å². The van der Waals surface area contributed by atoms with Crippen LogP contribution in [0.25, 0.3) is 6.08 Å². The predicted octanol–water partition coefficient (Wildman–Crippen LogP) is 6.89. The van der Waals surface area contributed by atoms with Crippen molar-refractivity contribution in [3.63, 3.8) is 0 Å². The number of rotatable bonds is 7. The van der Waals surface area contributed by atoms with Crippen molar-refractivity contribution >= 4 is 40.8 Å². The van der Waals surface area contributed by atoms with E-state index in [1.165, 1.54) is 0 Å². The van der Waals surface area contributed by atoms with E-state index in [2.05, 4.69) is 11.9 Å². The molecular formula is C36H27ClN2O4. The van der Waals surface area contributed by atoms with E-state index in [0.717, 1.165) is 11.1 Å². The van der Waals surface area contributed by atoms with Crippen molar-refractivity contribution in [3.8, 4) is 5.75 Å². The van der Waals surface area contributed by atoms with E-state index in [4.69, 9.17) is 16.3 Å². The molecular weight excluding hydrogens is 560 g/mol. The Labute approximate surface area is 254 Å². The van der Waals surface area contributed by atoms with Crippen LogP contribution < -0.4 is 10.1 Å². The minimum atomic E-state index is -1.41. The van der Waals surface area contributed by atoms with Gasteiger partial charge >= 0.3 is 0 Å². The average Bonchev–Trinajstić information content (AvgIpc) is 3.52. The number of anilines is 1. The van der Waals surface area contributed by atoms with Gasteiger partial charge < -0.3 is 15.0 Å². The number of Topliss-reactive ketones (excluding diaryl/α,β-unsaturated/α-hetero) is 2. The highest BCUT2D eigenvalue weighted by atomic mass is 35.5. The lowest BCUT2D eigenvalue weighted by Gasteiger charge is -2.38. The summed E-state index contributed by atoms with van der Waals surface area (Å²) in [6.45, 7) is 4.01. The molecule has 6 nitrogen and oxygen atoms in total. The number of halogens is 1. The van der Waals surface area contributed by atoms with Gasteiger partial charge in [-0.15, -0.1) is 0 Å². The Bertz CT molecular complexity index is 1830. The summed E-state index contributed by atoms with van der Waals surface area (Å²) in [6, 6.07) is 27.3. The van der Waals surface area contributed by atoms with Crippen LogP contribution in [0.3, 0.4) is 0 Å². The highest BCUT2D eigenvalue weighted by Crippen LogP contribution is 2.62. The van der Waals surface area contributed by atoms with Crippen molar-refractivity contribution in [2.75, 3.05) is 11.9 Å². The summed E-state index contributed by atoms with van der Waals surface area (Å²) >= 11 is 6.58. The molecule has 7 heteroatoms. The van der Waals surface area contributed by atoms with Crippen LogP contribution in [0.15, 0.2) is 116 Å². The summed E-state index contributed by atoms with van der Waals surface area (Å²) < 4.78 is 5.64. The summed E-state index contributed by atoms with van der Waals surface area (Å²) in [6.07, 6.45) is 5.43. The number of nitrogens with zero attached hydrogens (tertiary/aromatic N) is 1. The van der Waals surface area contributed by atoms with E-state index in [1.807, 2.05) is 65.7 Å². The highest BCUT2D eigenvalue weighted by molar-refractivity contribution is 6.34. The smallest absolute Gasteiger partial charge is 0.238 e. The lowest BCUT2D eigenvalue weighted by Crippen LogP contribution is -2.49. The second kappa shape index (κ2) is 10.4. The first-order valence-corrected chi connectivity index (χ1v) is 14.5. The van der Waals surface area contributed by atoms with Crippen molar-refractivity contribution in [2.24, 2.45) is 5.92 Å². The van der Waals surface area contributed by atoms with Gasteiger partial charge in [0.1, 0.15) is 23.8 Å². The normalized spacial score (nSPS) is 22.9. The van der Waals surface area contributed by atoms with Crippen LogP contribution in [-0.2, 0) is 10.2 Å². The second-order valence-corrected chi connectivity index (χ2v) is 11.3. The van der Waals surface area contributed by atoms with Gasteiger partial charge in [-0.3, -0.25) is 14.4 Å². The molecule has 4 aromatic carbocycles. The minimum absolute atomic E-state index is 0.289. The van der Waals surface area contributed by atoms with Gasteiger partial charge in [0.05, 0.1) is 17.0 Å². The number of nitrogens with one attached hydrogen (secondary N) is 1. The number of ether oxygens (including phenoxy) is 1. The fourth-order valence-corrected chi connectivity index (χ4v) is 7.27. The number of fused-ring (bicyclic) bond motifs is 6. The molecule has 0 aromatic heterocycles. The van der Waals surface area contributed by atoms with Crippen LogP contribution in [0.5, 0.6) is 5.75 Å². The Morgan fingerprint density at radius 3 is 2.44 bits per heavy atom. The molecule has 0 unspecified atom stereocenters. The summed E-state index contributed by atoms with van der Waals surface area (Å²) in [4.78, 5) is 46.0. The molecule has 0 aliphatic carbocycles. The third-order valence-electron chi connectivity index (χ3n) is 8.77. The molecule has 1 fully saturated rings. The number of carbonyl (C=O) groups excluding carboxylic acids is 3. The molecule has 7 rings (SSSR count). The van der Waals surface area contributed by atoms with Crippen LogP contribution in [-0.4, -0.2) is 35.0 Å². The number of carbonyl (C=O) groups is 3. The number of benzene rings is 4. The Hall–Kier alpha value is -4.94. The van der Waals surface area contributed by atoms with Gasteiger partial charge in [0, 0.05) is 23.0 Å². The summed E-state index contributed by atoms with van der Waals surface area (Å²) in [5.74, 6) is -1.45. The van der Waals surface area contributed by atoms with E-state index < -0.39 is 23.4 Å². The maximum atomic E-state index is 14.9. The number of hydrogen-bond acceptors (Lipinski definition) is 5. The maximum Gasteiger partial charge on any atom is 0.238 e. The first kappa shape index (κ1) is 26.9.